The fourth-order valence-corrected chi connectivity index (χ4v) is 1.15. The van der Waals surface area contributed by atoms with Gasteiger partial charge in [0.25, 0.3) is 0 Å². The Balaban J connectivity index is 2.37. The van der Waals surface area contributed by atoms with Gasteiger partial charge in [0.05, 0.1) is 0 Å². The number of hydrogen-bond acceptors (Lipinski definition) is 4. The monoisotopic (exact) mass is 228 g/mol. The Kier molecular flexibility index (Phi) is 5.00. The van der Waals surface area contributed by atoms with E-state index in [1.807, 2.05) is 7.05 Å². The third-order valence-corrected chi connectivity index (χ3v) is 1.91. The van der Waals surface area contributed by atoms with Gasteiger partial charge in [-0.2, -0.15) is 0 Å². The number of aromatic nitrogens is 2. The molecule has 0 radical (unpaired) electrons. The summed E-state index contributed by atoms with van der Waals surface area (Å²) < 4.78 is 0. The minimum Gasteiger partial charge on any atom is -0.320 e. The summed E-state index contributed by atoms with van der Waals surface area (Å²) in [5.41, 5.74) is 0. The van der Waals surface area contributed by atoms with Crippen LogP contribution < -0.4 is 10.6 Å². The number of anilines is 1. The summed E-state index contributed by atoms with van der Waals surface area (Å²) in [5, 5.41) is 5.85. The topological polar surface area (TPSA) is 66.9 Å². The Hall–Kier alpha value is -1.20. The van der Waals surface area contributed by atoms with Gasteiger partial charge in [-0.25, -0.2) is 9.97 Å². The Bertz CT molecular complexity index is 332. The number of amides is 1. The molecule has 82 valence electrons. The molecule has 6 heteroatoms. The summed E-state index contributed by atoms with van der Waals surface area (Å²) in [4.78, 5) is 19.0. The second-order valence-corrected chi connectivity index (χ2v) is 3.35. The van der Waals surface area contributed by atoms with Gasteiger partial charge in [-0.3, -0.25) is 10.1 Å². The van der Waals surface area contributed by atoms with Gasteiger partial charge < -0.3 is 5.32 Å². The van der Waals surface area contributed by atoms with Gasteiger partial charge >= 0.3 is 0 Å². The van der Waals surface area contributed by atoms with Crippen molar-refractivity contribution in [1.82, 2.24) is 15.3 Å². The lowest BCUT2D eigenvalue weighted by Crippen LogP contribution is -2.16. The third-order valence-electron chi connectivity index (χ3n) is 1.70. The van der Waals surface area contributed by atoms with E-state index in [9.17, 15) is 4.79 Å². The second-order valence-electron chi connectivity index (χ2n) is 2.96. The number of nitrogens with one attached hydrogen (secondary N) is 2. The van der Waals surface area contributed by atoms with Crippen molar-refractivity contribution in [3.05, 3.63) is 17.4 Å². The van der Waals surface area contributed by atoms with Crippen LogP contribution in [0, 0.1) is 0 Å². The van der Waals surface area contributed by atoms with Gasteiger partial charge in [0.15, 0.2) is 0 Å². The van der Waals surface area contributed by atoms with Crippen LogP contribution in [0.15, 0.2) is 12.3 Å². The second kappa shape index (κ2) is 6.31. The predicted molar refractivity (Wildman–Crippen MR) is 58.8 cm³/mol. The number of nitrogens with zero attached hydrogens (tertiary/aromatic N) is 2. The van der Waals surface area contributed by atoms with Gasteiger partial charge in [-0.05, 0) is 26.1 Å². The summed E-state index contributed by atoms with van der Waals surface area (Å²) in [6.45, 7) is 0.809. The van der Waals surface area contributed by atoms with Crippen LogP contribution in [0.5, 0.6) is 0 Å². The first-order chi connectivity index (χ1) is 7.22. The molecule has 15 heavy (non-hydrogen) atoms. The zero-order valence-corrected chi connectivity index (χ0v) is 9.21. The average molecular weight is 229 g/mol. The molecule has 1 aromatic rings. The number of halogens is 1. The first-order valence-electron chi connectivity index (χ1n) is 4.65. The van der Waals surface area contributed by atoms with E-state index in [0.29, 0.717) is 11.6 Å². The smallest absolute Gasteiger partial charge is 0.230 e. The van der Waals surface area contributed by atoms with Crippen LogP contribution in [0.25, 0.3) is 0 Å². The zero-order valence-electron chi connectivity index (χ0n) is 8.46. The molecule has 0 aromatic carbocycles. The van der Waals surface area contributed by atoms with E-state index in [-0.39, 0.29) is 11.9 Å². The molecule has 0 aliphatic heterocycles. The van der Waals surface area contributed by atoms with Crippen LogP contribution in [-0.2, 0) is 4.79 Å². The standard InChI is InChI=1S/C9H13ClN4O/c1-11-5-2-3-8(15)14-9-12-6-4-7(10)13-9/h4,6,11H,2-3,5H2,1H3,(H,12,13,14,15). The number of hydrogen-bond donors (Lipinski definition) is 2. The van der Waals surface area contributed by atoms with Gasteiger partial charge in [0, 0.05) is 12.6 Å². The maximum absolute atomic E-state index is 11.3. The number of carbonyl (C=O) groups excluding carboxylic acids is 1. The van der Waals surface area contributed by atoms with Gasteiger partial charge in [0.1, 0.15) is 5.15 Å². The molecule has 0 unspecified atom stereocenters. The lowest BCUT2D eigenvalue weighted by molar-refractivity contribution is -0.116. The lowest BCUT2D eigenvalue weighted by atomic mass is 10.3. The van der Waals surface area contributed by atoms with Crippen LogP contribution in [0.3, 0.4) is 0 Å². The molecule has 1 amide bonds. The van der Waals surface area contributed by atoms with Crippen LogP contribution >= 0.6 is 11.6 Å². The molecular weight excluding hydrogens is 216 g/mol. The summed E-state index contributed by atoms with van der Waals surface area (Å²) in [6, 6.07) is 1.55. The third kappa shape index (κ3) is 4.71. The summed E-state index contributed by atoms with van der Waals surface area (Å²) in [7, 11) is 1.85. The SMILES string of the molecule is CNCCCC(=O)Nc1nccc(Cl)n1. The molecular formula is C9H13ClN4O. The minimum atomic E-state index is -0.104. The molecule has 1 aromatic heterocycles. The first kappa shape index (κ1) is 11.9. The average Bonchev–Trinajstić information content (AvgIpc) is 2.18. The zero-order chi connectivity index (χ0) is 11.1. The molecule has 0 spiro atoms. The molecule has 1 heterocycles. The molecule has 0 aliphatic rings. The number of rotatable bonds is 5. The molecule has 0 aliphatic carbocycles. The Morgan fingerprint density at radius 3 is 3.07 bits per heavy atom. The van der Waals surface area contributed by atoms with Crippen molar-refractivity contribution in [2.45, 2.75) is 12.8 Å². The van der Waals surface area contributed by atoms with Gasteiger partial charge in [-0.15, -0.1) is 0 Å². The highest BCUT2D eigenvalue weighted by molar-refractivity contribution is 6.29. The highest BCUT2D eigenvalue weighted by atomic mass is 35.5. The predicted octanol–water partition coefficient (Wildman–Crippen LogP) is 1.07. The van der Waals surface area contributed by atoms with Crippen molar-refractivity contribution in [2.75, 3.05) is 18.9 Å². The van der Waals surface area contributed by atoms with Crippen LogP contribution in [0.2, 0.25) is 5.15 Å². The largest absolute Gasteiger partial charge is 0.320 e. The van der Waals surface area contributed by atoms with Crippen molar-refractivity contribution in [3.63, 3.8) is 0 Å². The molecule has 0 bridgehead atoms. The highest BCUT2D eigenvalue weighted by Crippen LogP contribution is 2.05. The number of carbonyl (C=O) groups is 1. The molecule has 1 rings (SSSR count). The van der Waals surface area contributed by atoms with Crippen LogP contribution in [0.4, 0.5) is 5.95 Å². The Labute approximate surface area is 93.3 Å². The lowest BCUT2D eigenvalue weighted by Gasteiger charge is -2.02. The summed E-state index contributed by atoms with van der Waals surface area (Å²) >= 11 is 5.64. The maximum Gasteiger partial charge on any atom is 0.230 e. The normalized spacial score (nSPS) is 10.0. The van der Waals surface area contributed by atoms with Crippen LogP contribution in [-0.4, -0.2) is 29.5 Å². The van der Waals surface area contributed by atoms with Gasteiger partial charge in [0.2, 0.25) is 11.9 Å². The van der Waals surface area contributed by atoms with E-state index in [4.69, 9.17) is 11.6 Å². The fraction of sp³-hybridized carbons (Fsp3) is 0.444. The minimum absolute atomic E-state index is 0.104. The van der Waals surface area contributed by atoms with Crippen molar-refractivity contribution in [2.24, 2.45) is 0 Å². The van der Waals surface area contributed by atoms with E-state index in [2.05, 4.69) is 20.6 Å². The van der Waals surface area contributed by atoms with Gasteiger partial charge in [-0.1, -0.05) is 11.6 Å². The van der Waals surface area contributed by atoms with Crippen molar-refractivity contribution >= 4 is 23.5 Å². The van der Waals surface area contributed by atoms with E-state index >= 15 is 0 Å². The van der Waals surface area contributed by atoms with E-state index in [1.165, 1.54) is 6.20 Å². The Morgan fingerprint density at radius 1 is 1.60 bits per heavy atom. The summed E-state index contributed by atoms with van der Waals surface area (Å²) in [5.74, 6) is 0.143. The highest BCUT2D eigenvalue weighted by Gasteiger charge is 2.03. The first-order valence-corrected chi connectivity index (χ1v) is 5.03. The van der Waals surface area contributed by atoms with Crippen LogP contribution in [0.1, 0.15) is 12.8 Å². The molecule has 0 saturated heterocycles. The van der Waals surface area contributed by atoms with Crippen molar-refractivity contribution in [1.29, 1.82) is 0 Å². The maximum atomic E-state index is 11.3. The molecule has 0 saturated carbocycles. The van der Waals surface area contributed by atoms with E-state index < -0.39 is 0 Å². The fourth-order valence-electron chi connectivity index (χ4n) is 1.01. The van der Waals surface area contributed by atoms with Crippen molar-refractivity contribution < 1.29 is 4.79 Å². The van der Waals surface area contributed by atoms with E-state index in [1.54, 1.807) is 6.07 Å². The molecule has 0 fully saturated rings. The quantitative estimate of drug-likeness (QED) is 0.585. The van der Waals surface area contributed by atoms with E-state index in [0.717, 1.165) is 13.0 Å². The van der Waals surface area contributed by atoms with Crippen molar-refractivity contribution in [3.8, 4) is 0 Å². The summed E-state index contributed by atoms with van der Waals surface area (Å²) in [6.07, 6.45) is 2.72. The molecule has 2 N–H and O–H groups in total. The molecule has 5 nitrogen and oxygen atoms in total. The molecule has 0 atom stereocenters. The Morgan fingerprint density at radius 2 is 2.40 bits per heavy atom.